The Labute approximate surface area is 99.9 Å². The van der Waals surface area contributed by atoms with Crippen molar-refractivity contribution in [2.24, 2.45) is 7.05 Å². The van der Waals surface area contributed by atoms with Gasteiger partial charge in [-0.1, -0.05) is 18.2 Å². The number of aliphatic hydroxyl groups is 1. The molecule has 0 saturated heterocycles. The van der Waals surface area contributed by atoms with Gasteiger partial charge in [-0.25, -0.2) is 0 Å². The highest BCUT2D eigenvalue weighted by atomic mass is 16.3. The van der Waals surface area contributed by atoms with Gasteiger partial charge < -0.3 is 15.0 Å². The molecule has 0 unspecified atom stereocenters. The van der Waals surface area contributed by atoms with Crippen LogP contribution in [0.2, 0.25) is 0 Å². The number of amides is 1. The molecule has 2 N–H and O–H groups in total. The molecule has 0 spiro atoms. The quantitative estimate of drug-likeness (QED) is 0.780. The summed E-state index contributed by atoms with van der Waals surface area (Å²) in [6.45, 7) is 0.590. The van der Waals surface area contributed by atoms with Crippen LogP contribution in [0.15, 0.2) is 30.3 Å². The topological polar surface area (TPSA) is 54.3 Å². The number of aliphatic hydroxyl groups excluding tert-OH is 1. The predicted molar refractivity (Wildman–Crippen MR) is 67.0 cm³/mol. The summed E-state index contributed by atoms with van der Waals surface area (Å²) >= 11 is 0. The van der Waals surface area contributed by atoms with Gasteiger partial charge in [0, 0.05) is 31.1 Å². The van der Waals surface area contributed by atoms with Gasteiger partial charge in [-0.3, -0.25) is 4.79 Å². The van der Waals surface area contributed by atoms with Crippen molar-refractivity contribution < 1.29 is 9.90 Å². The molecule has 1 heterocycles. The summed E-state index contributed by atoms with van der Waals surface area (Å²) < 4.78 is 1.88. The first-order valence-electron chi connectivity index (χ1n) is 5.67. The second-order valence-corrected chi connectivity index (χ2v) is 3.98. The molecule has 0 atom stereocenters. The number of fused-ring (bicyclic) bond motifs is 1. The number of para-hydroxylation sites is 1. The van der Waals surface area contributed by atoms with Gasteiger partial charge in [-0.15, -0.1) is 0 Å². The van der Waals surface area contributed by atoms with Gasteiger partial charge >= 0.3 is 0 Å². The van der Waals surface area contributed by atoms with Gasteiger partial charge in [0.2, 0.25) is 0 Å². The molecule has 17 heavy (non-hydrogen) atoms. The molecule has 4 nitrogen and oxygen atoms in total. The molecule has 4 heteroatoms. The Balaban J connectivity index is 2.23. The molecule has 90 valence electrons. The lowest BCUT2D eigenvalue weighted by Crippen LogP contribution is -2.26. The van der Waals surface area contributed by atoms with Gasteiger partial charge in [0.05, 0.1) is 0 Å². The van der Waals surface area contributed by atoms with E-state index in [0.29, 0.717) is 18.7 Å². The third-order valence-electron chi connectivity index (χ3n) is 2.80. The fourth-order valence-electron chi connectivity index (χ4n) is 1.88. The molecule has 1 aromatic carbocycles. The third-order valence-corrected chi connectivity index (χ3v) is 2.80. The molecule has 0 fully saturated rings. The highest BCUT2D eigenvalue weighted by Gasteiger charge is 2.11. The number of aryl methyl sites for hydroxylation is 1. The number of nitrogens with zero attached hydrogens (tertiary/aromatic N) is 1. The van der Waals surface area contributed by atoms with Crippen LogP contribution in [0.5, 0.6) is 0 Å². The van der Waals surface area contributed by atoms with Crippen LogP contribution in [0, 0.1) is 0 Å². The van der Waals surface area contributed by atoms with Crippen molar-refractivity contribution in [1.29, 1.82) is 0 Å². The van der Waals surface area contributed by atoms with Gasteiger partial charge in [0.25, 0.3) is 5.91 Å². The van der Waals surface area contributed by atoms with Crippen LogP contribution in [0.1, 0.15) is 16.9 Å². The minimum absolute atomic E-state index is 0.0927. The minimum atomic E-state index is -0.0999. The first-order valence-corrected chi connectivity index (χ1v) is 5.67. The van der Waals surface area contributed by atoms with Crippen LogP contribution in [0.3, 0.4) is 0 Å². The van der Waals surface area contributed by atoms with E-state index in [1.165, 1.54) is 0 Å². The monoisotopic (exact) mass is 232 g/mol. The molecule has 0 aliphatic carbocycles. The molecule has 2 rings (SSSR count). The average Bonchev–Trinajstić information content (AvgIpc) is 2.68. The van der Waals surface area contributed by atoms with Gasteiger partial charge in [-0.05, 0) is 18.6 Å². The van der Waals surface area contributed by atoms with E-state index < -0.39 is 0 Å². The Kier molecular flexibility index (Phi) is 3.44. The second-order valence-electron chi connectivity index (χ2n) is 3.98. The van der Waals surface area contributed by atoms with Crippen molar-refractivity contribution in [2.45, 2.75) is 6.42 Å². The lowest BCUT2D eigenvalue weighted by atomic mass is 10.2. The lowest BCUT2D eigenvalue weighted by Gasteiger charge is -2.05. The van der Waals surface area contributed by atoms with E-state index in [1.54, 1.807) is 0 Å². The van der Waals surface area contributed by atoms with Crippen molar-refractivity contribution in [2.75, 3.05) is 13.2 Å². The molecule has 0 aliphatic heterocycles. The van der Waals surface area contributed by atoms with Crippen molar-refractivity contribution in [3.8, 4) is 0 Å². The normalized spacial score (nSPS) is 10.7. The average molecular weight is 232 g/mol. The summed E-state index contributed by atoms with van der Waals surface area (Å²) in [6, 6.07) is 9.76. The number of benzene rings is 1. The third kappa shape index (κ3) is 2.31. The molecule has 0 bridgehead atoms. The van der Waals surface area contributed by atoms with E-state index in [4.69, 9.17) is 5.11 Å². The van der Waals surface area contributed by atoms with Gasteiger partial charge in [-0.2, -0.15) is 0 Å². The van der Waals surface area contributed by atoms with E-state index in [9.17, 15) is 4.79 Å². The number of aromatic nitrogens is 1. The highest BCUT2D eigenvalue weighted by Crippen LogP contribution is 2.17. The van der Waals surface area contributed by atoms with Crippen LogP contribution >= 0.6 is 0 Å². The SMILES string of the molecule is Cn1c(C(=O)NCCCO)cc2ccccc21. The number of carbonyl (C=O) groups excluding carboxylic acids is 1. The van der Waals surface area contributed by atoms with E-state index in [1.807, 2.05) is 41.9 Å². The van der Waals surface area contributed by atoms with Crippen LogP contribution in [-0.2, 0) is 7.05 Å². The number of rotatable bonds is 4. The number of carbonyl (C=O) groups is 1. The summed E-state index contributed by atoms with van der Waals surface area (Å²) in [7, 11) is 1.88. The lowest BCUT2D eigenvalue weighted by molar-refractivity contribution is 0.0943. The standard InChI is InChI=1S/C13H16N2O2/c1-15-11-6-3-2-5-10(11)9-12(15)13(17)14-7-4-8-16/h2-3,5-6,9,16H,4,7-8H2,1H3,(H,14,17). The van der Waals surface area contributed by atoms with Crippen molar-refractivity contribution >= 4 is 16.8 Å². The Morgan fingerprint density at radius 1 is 1.41 bits per heavy atom. The molecule has 0 aliphatic rings. The number of hydrogen-bond acceptors (Lipinski definition) is 2. The fraction of sp³-hybridized carbons (Fsp3) is 0.308. The zero-order valence-electron chi connectivity index (χ0n) is 9.81. The van der Waals surface area contributed by atoms with Gasteiger partial charge in [0.15, 0.2) is 0 Å². The summed E-state index contributed by atoms with van der Waals surface area (Å²) in [5, 5.41) is 12.5. The second kappa shape index (κ2) is 5.01. The Bertz CT molecular complexity index is 531. The largest absolute Gasteiger partial charge is 0.396 e. The van der Waals surface area contributed by atoms with Crippen LogP contribution < -0.4 is 5.32 Å². The van der Waals surface area contributed by atoms with Gasteiger partial charge in [0.1, 0.15) is 5.69 Å². The maximum atomic E-state index is 11.9. The molecular weight excluding hydrogens is 216 g/mol. The maximum absolute atomic E-state index is 11.9. The summed E-state index contributed by atoms with van der Waals surface area (Å²) in [5.41, 5.74) is 1.68. The van der Waals surface area contributed by atoms with Crippen molar-refractivity contribution in [3.05, 3.63) is 36.0 Å². The summed E-state index contributed by atoms with van der Waals surface area (Å²) in [5.74, 6) is -0.0999. The molecule has 0 saturated carbocycles. The van der Waals surface area contributed by atoms with E-state index in [-0.39, 0.29) is 12.5 Å². The first kappa shape index (κ1) is 11.7. The van der Waals surface area contributed by atoms with Crippen LogP contribution in [0.4, 0.5) is 0 Å². The zero-order chi connectivity index (χ0) is 12.3. The Morgan fingerprint density at radius 2 is 2.18 bits per heavy atom. The first-order chi connectivity index (χ1) is 8.24. The molecular formula is C13H16N2O2. The molecule has 1 amide bonds. The Hall–Kier alpha value is -1.81. The van der Waals surface area contributed by atoms with E-state index in [2.05, 4.69) is 5.32 Å². The maximum Gasteiger partial charge on any atom is 0.267 e. The highest BCUT2D eigenvalue weighted by molar-refractivity contribution is 5.98. The molecule has 2 aromatic rings. The van der Waals surface area contributed by atoms with Crippen LogP contribution in [0.25, 0.3) is 10.9 Å². The minimum Gasteiger partial charge on any atom is -0.396 e. The van der Waals surface area contributed by atoms with E-state index in [0.717, 1.165) is 10.9 Å². The molecule has 1 aromatic heterocycles. The van der Waals surface area contributed by atoms with E-state index >= 15 is 0 Å². The molecule has 0 radical (unpaired) electrons. The summed E-state index contributed by atoms with van der Waals surface area (Å²) in [6.07, 6.45) is 0.579. The number of nitrogens with one attached hydrogen (secondary N) is 1. The fourth-order valence-corrected chi connectivity index (χ4v) is 1.88. The smallest absolute Gasteiger partial charge is 0.267 e. The number of hydrogen-bond donors (Lipinski definition) is 2. The summed E-state index contributed by atoms with van der Waals surface area (Å²) in [4.78, 5) is 11.9. The zero-order valence-corrected chi connectivity index (χ0v) is 9.81. The predicted octanol–water partition coefficient (Wildman–Crippen LogP) is 1.29. The van der Waals surface area contributed by atoms with Crippen LogP contribution in [-0.4, -0.2) is 28.7 Å². The van der Waals surface area contributed by atoms with Crippen molar-refractivity contribution in [1.82, 2.24) is 9.88 Å². The van der Waals surface area contributed by atoms with Crippen molar-refractivity contribution in [3.63, 3.8) is 0 Å². The Morgan fingerprint density at radius 3 is 2.88 bits per heavy atom.